The van der Waals surface area contributed by atoms with E-state index in [0.29, 0.717) is 16.8 Å². The second-order valence-corrected chi connectivity index (χ2v) is 6.78. The fourth-order valence-electron chi connectivity index (χ4n) is 2.73. The van der Waals surface area contributed by atoms with Crippen LogP contribution in [0.4, 0.5) is 5.69 Å². The van der Waals surface area contributed by atoms with Gasteiger partial charge >= 0.3 is 0 Å². The number of carbonyl (C=O) groups excluding carboxylic acids is 1. The molecule has 1 aliphatic carbocycles. The van der Waals surface area contributed by atoms with Crippen molar-refractivity contribution >= 4 is 35.0 Å². The zero-order chi connectivity index (χ0) is 15.4. The van der Waals surface area contributed by atoms with Gasteiger partial charge in [0.2, 0.25) is 5.91 Å². The Bertz CT molecular complexity index is 635. The van der Waals surface area contributed by atoms with Crippen LogP contribution in [0.25, 0.3) is 0 Å². The SMILES string of the molecule is O=C(CSc1nccn1C1CCCC1)Nc1ccc(Cl)cc1. The Morgan fingerprint density at radius 2 is 2.05 bits per heavy atom. The van der Waals surface area contributed by atoms with E-state index in [-0.39, 0.29) is 5.91 Å². The van der Waals surface area contributed by atoms with Crippen LogP contribution in [-0.4, -0.2) is 21.2 Å². The first-order chi connectivity index (χ1) is 10.7. The van der Waals surface area contributed by atoms with Crippen molar-refractivity contribution in [2.45, 2.75) is 36.9 Å². The predicted octanol–water partition coefficient (Wildman–Crippen LogP) is 4.38. The lowest BCUT2D eigenvalue weighted by Crippen LogP contribution is -2.15. The number of amides is 1. The summed E-state index contributed by atoms with van der Waals surface area (Å²) in [5, 5.41) is 4.45. The van der Waals surface area contributed by atoms with Crippen molar-refractivity contribution in [1.29, 1.82) is 0 Å². The molecule has 22 heavy (non-hydrogen) atoms. The molecular formula is C16H18ClN3OS. The molecule has 1 aliphatic rings. The Morgan fingerprint density at radius 1 is 1.32 bits per heavy atom. The Kier molecular flexibility index (Phi) is 5.05. The van der Waals surface area contributed by atoms with Crippen LogP contribution in [0, 0.1) is 0 Å². The molecular weight excluding hydrogens is 318 g/mol. The lowest BCUT2D eigenvalue weighted by atomic mass is 10.2. The number of anilines is 1. The molecule has 0 atom stereocenters. The molecule has 1 aromatic heterocycles. The minimum atomic E-state index is -0.0340. The van der Waals surface area contributed by atoms with Gasteiger partial charge in [0.15, 0.2) is 5.16 Å². The Morgan fingerprint density at radius 3 is 2.77 bits per heavy atom. The van der Waals surface area contributed by atoms with Crippen molar-refractivity contribution in [3.63, 3.8) is 0 Å². The summed E-state index contributed by atoms with van der Waals surface area (Å²) in [6, 6.07) is 7.66. The zero-order valence-electron chi connectivity index (χ0n) is 12.2. The number of benzene rings is 1. The summed E-state index contributed by atoms with van der Waals surface area (Å²) >= 11 is 7.31. The standard InChI is InChI=1S/C16H18ClN3OS/c17-12-5-7-13(8-6-12)19-15(21)11-22-16-18-9-10-20(16)14-3-1-2-4-14/h5-10,14H,1-4,11H2,(H,19,21). The number of halogens is 1. The zero-order valence-corrected chi connectivity index (χ0v) is 13.7. The van der Waals surface area contributed by atoms with E-state index >= 15 is 0 Å². The van der Waals surface area contributed by atoms with Crippen molar-refractivity contribution in [3.05, 3.63) is 41.7 Å². The Labute approximate surface area is 139 Å². The predicted molar refractivity (Wildman–Crippen MR) is 90.5 cm³/mol. The second kappa shape index (κ2) is 7.20. The van der Waals surface area contributed by atoms with E-state index in [2.05, 4.69) is 14.9 Å². The summed E-state index contributed by atoms with van der Waals surface area (Å²) in [6.07, 6.45) is 8.82. The van der Waals surface area contributed by atoms with Gasteiger partial charge in [0.1, 0.15) is 0 Å². The number of carbonyl (C=O) groups is 1. The molecule has 3 rings (SSSR count). The van der Waals surface area contributed by atoms with Gasteiger partial charge in [-0.3, -0.25) is 4.79 Å². The molecule has 1 aromatic carbocycles. The van der Waals surface area contributed by atoms with Gasteiger partial charge in [-0.05, 0) is 37.1 Å². The van der Waals surface area contributed by atoms with Crippen LogP contribution in [-0.2, 0) is 4.79 Å². The van der Waals surface area contributed by atoms with Crippen LogP contribution in [0.1, 0.15) is 31.7 Å². The molecule has 116 valence electrons. The fraction of sp³-hybridized carbons (Fsp3) is 0.375. The van der Waals surface area contributed by atoms with E-state index in [1.165, 1.54) is 37.4 Å². The number of hydrogen-bond donors (Lipinski definition) is 1. The minimum Gasteiger partial charge on any atom is -0.325 e. The highest BCUT2D eigenvalue weighted by Crippen LogP contribution is 2.32. The van der Waals surface area contributed by atoms with E-state index in [1.54, 1.807) is 24.3 Å². The molecule has 1 fully saturated rings. The highest BCUT2D eigenvalue weighted by atomic mass is 35.5. The molecule has 6 heteroatoms. The molecule has 0 spiro atoms. The lowest BCUT2D eigenvalue weighted by Gasteiger charge is -2.14. The Balaban J connectivity index is 1.55. The van der Waals surface area contributed by atoms with E-state index in [1.807, 2.05) is 12.4 Å². The number of imidazole rings is 1. The summed E-state index contributed by atoms with van der Waals surface area (Å²) in [5.41, 5.74) is 0.758. The number of nitrogens with one attached hydrogen (secondary N) is 1. The summed E-state index contributed by atoms with van der Waals surface area (Å²) in [6.45, 7) is 0. The lowest BCUT2D eigenvalue weighted by molar-refractivity contribution is -0.113. The number of thioether (sulfide) groups is 1. The van der Waals surface area contributed by atoms with E-state index in [4.69, 9.17) is 11.6 Å². The topological polar surface area (TPSA) is 46.9 Å². The number of rotatable bonds is 5. The quantitative estimate of drug-likeness (QED) is 0.825. The third kappa shape index (κ3) is 3.84. The maximum Gasteiger partial charge on any atom is 0.234 e. The monoisotopic (exact) mass is 335 g/mol. The summed E-state index contributed by atoms with van der Waals surface area (Å²) in [4.78, 5) is 16.4. The minimum absolute atomic E-state index is 0.0340. The number of nitrogens with zero attached hydrogens (tertiary/aromatic N) is 2. The summed E-state index contributed by atoms with van der Waals surface area (Å²) in [7, 11) is 0. The highest BCUT2D eigenvalue weighted by Gasteiger charge is 2.19. The number of hydrogen-bond acceptors (Lipinski definition) is 3. The molecule has 4 nitrogen and oxygen atoms in total. The molecule has 0 radical (unpaired) electrons. The maximum atomic E-state index is 12.0. The Hall–Kier alpha value is -1.46. The van der Waals surface area contributed by atoms with Gasteiger partial charge in [0, 0.05) is 29.1 Å². The maximum absolute atomic E-state index is 12.0. The third-order valence-electron chi connectivity index (χ3n) is 3.81. The fourth-order valence-corrected chi connectivity index (χ4v) is 3.68. The number of aromatic nitrogens is 2. The molecule has 0 unspecified atom stereocenters. The van der Waals surface area contributed by atoms with Crippen LogP contribution in [0.15, 0.2) is 41.8 Å². The van der Waals surface area contributed by atoms with Gasteiger partial charge < -0.3 is 9.88 Å². The van der Waals surface area contributed by atoms with Crippen molar-refractivity contribution in [2.75, 3.05) is 11.1 Å². The average Bonchev–Trinajstić information content (AvgIpc) is 3.18. The second-order valence-electron chi connectivity index (χ2n) is 5.40. The summed E-state index contributed by atoms with van der Waals surface area (Å²) < 4.78 is 2.22. The van der Waals surface area contributed by atoms with Crippen molar-refractivity contribution in [3.8, 4) is 0 Å². The molecule has 0 aliphatic heterocycles. The molecule has 1 amide bonds. The van der Waals surface area contributed by atoms with Gasteiger partial charge in [0.05, 0.1) is 5.75 Å². The van der Waals surface area contributed by atoms with E-state index < -0.39 is 0 Å². The average molecular weight is 336 g/mol. The van der Waals surface area contributed by atoms with Crippen LogP contribution in [0.5, 0.6) is 0 Å². The smallest absolute Gasteiger partial charge is 0.234 e. The van der Waals surface area contributed by atoms with E-state index in [0.717, 1.165) is 10.8 Å². The normalized spacial score (nSPS) is 15.1. The summed E-state index contributed by atoms with van der Waals surface area (Å²) in [5.74, 6) is 0.320. The molecule has 1 N–H and O–H groups in total. The van der Waals surface area contributed by atoms with Crippen LogP contribution < -0.4 is 5.32 Å². The van der Waals surface area contributed by atoms with Crippen LogP contribution in [0.3, 0.4) is 0 Å². The van der Waals surface area contributed by atoms with Crippen molar-refractivity contribution < 1.29 is 4.79 Å². The van der Waals surface area contributed by atoms with Crippen molar-refractivity contribution in [1.82, 2.24) is 9.55 Å². The van der Waals surface area contributed by atoms with E-state index in [9.17, 15) is 4.79 Å². The first-order valence-electron chi connectivity index (χ1n) is 7.43. The van der Waals surface area contributed by atoms with Gasteiger partial charge in [-0.1, -0.05) is 36.2 Å². The first-order valence-corrected chi connectivity index (χ1v) is 8.80. The van der Waals surface area contributed by atoms with Gasteiger partial charge in [-0.15, -0.1) is 0 Å². The van der Waals surface area contributed by atoms with Crippen molar-refractivity contribution in [2.24, 2.45) is 0 Å². The highest BCUT2D eigenvalue weighted by molar-refractivity contribution is 7.99. The largest absolute Gasteiger partial charge is 0.325 e. The molecule has 1 saturated carbocycles. The molecule has 0 bridgehead atoms. The molecule has 2 aromatic rings. The van der Waals surface area contributed by atoms with Gasteiger partial charge in [-0.25, -0.2) is 4.98 Å². The molecule has 1 heterocycles. The van der Waals surface area contributed by atoms with Gasteiger partial charge in [0.25, 0.3) is 0 Å². The molecule has 0 saturated heterocycles. The first kappa shape index (κ1) is 15.4. The van der Waals surface area contributed by atoms with Crippen LogP contribution >= 0.6 is 23.4 Å². The van der Waals surface area contributed by atoms with Crippen LogP contribution in [0.2, 0.25) is 5.02 Å². The third-order valence-corrected chi connectivity index (χ3v) is 5.04. The van der Waals surface area contributed by atoms with Gasteiger partial charge in [-0.2, -0.15) is 0 Å².